The molecule has 0 aliphatic heterocycles. The lowest BCUT2D eigenvalue weighted by Crippen LogP contribution is -2.03. The molecule has 6 heteroatoms. The molecule has 5 nitrogen and oxygen atoms in total. The van der Waals surface area contributed by atoms with E-state index in [-0.39, 0.29) is 11.4 Å². The van der Waals surface area contributed by atoms with Gasteiger partial charge >= 0.3 is 5.97 Å². The van der Waals surface area contributed by atoms with Gasteiger partial charge in [0, 0.05) is 5.56 Å². The van der Waals surface area contributed by atoms with Crippen molar-refractivity contribution >= 4 is 11.7 Å². The first-order valence-corrected chi connectivity index (χ1v) is 7.56. The van der Waals surface area contributed by atoms with E-state index in [2.05, 4.69) is 5.32 Å². The lowest BCUT2D eigenvalue weighted by Gasteiger charge is -2.11. The number of nitrogens with one attached hydrogen (secondary N) is 1. The van der Waals surface area contributed by atoms with Crippen LogP contribution in [0.5, 0.6) is 5.75 Å². The molecule has 2 N–H and O–H groups in total. The Labute approximate surface area is 143 Å². The normalized spacial score (nSPS) is 10.5. The van der Waals surface area contributed by atoms with E-state index < -0.39 is 5.97 Å². The van der Waals surface area contributed by atoms with Gasteiger partial charge in [0.25, 0.3) is 0 Å². The average Bonchev–Trinajstić information content (AvgIpc) is 3.09. The molecule has 0 bridgehead atoms. The van der Waals surface area contributed by atoms with Crippen molar-refractivity contribution in [3.8, 4) is 17.1 Å². The monoisotopic (exact) mass is 341 g/mol. The molecule has 0 saturated carbocycles. The summed E-state index contributed by atoms with van der Waals surface area (Å²) in [5.74, 6) is 0.505. The van der Waals surface area contributed by atoms with Crippen molar-refractivity contribution in [2.24, 2.45) is 0 Å². The highest BCUT2D eigenvalue weighted by Crippen LogP contribution is 2.27. The fourth-order valence-corrected chi connectivity index (χ4v) is 2.40. The quantitative estimate of drug-likeness (QED) is 0.695. The number of anilines is 1. The van der Waals surface area contributed by atoms with E-state index in [1.807, 2.05) is 0 Å². The van der Waals surface area contributed by atoms with Gasteiger partial charge in [-0.2, -0.15) is 0 Å². The topological polar surface area (TPSA) is 71.7 Å². The Hall–Kier alpha value is -3.28. The van der Waals surface area contributed by atoms with E-state index >= 15 is 0 Å². The van der Waals surface area contributed by atoms with Gasteiger partial charge in [-0.15, -0.1) is 0 Å². The van der Waals surface area contributed by atoms with Crippen molar-refractivity contribution in [2.45, 2.75) is 6.54 Å². The number of carbonyl (C=O) groups is 1. The van der Waals surface area contributed by atoms with Crippen LogP contribution in [0.4, 0.5) is 10.1 Å². The molecular formula is C19H16FNO4. The molecule has 0 atom stereocenters. The van der Waals surface area contributed by atoms with Crippen molar-refractivity contribution in [1.29, 1.82) is 0 Å². The van der Waals surface area contributed by atoms with Gasteiger partial charge in [0.2, 0.25) is 0 Å². The second-order valence-corrected chi connectivity index (χ2v) is 5.35. The molecule has 1 heterocycles. The van der Waals surface area contributed by atoms with Crippen LogP contribution in [0.25, 0.3) is 11.3 Å². The molecule has 0 radical (unpaired) electrons. The molecule has 1 aromatic heterocycles. The second kappa shape index (κ2) is 7.09. The summed E-state index contributed by atoms with van der Waals surface area (Å²) in [6, 6.07) is 14.2. The number of furan rings is 1. The van der Waals surface area contributed by atoms with E-state index in [0.29, 0.717) is 29.5 Å². The van der Waals surface area contributed by atoms with Gasteiger partial charge in [-0.1, -0.05) is 0 Å². The Morgan fingerprint density at radius 1 is 1.16 bits per heavy atom. The molecule has 3 rings (SSSR count). The van der Waals surface area contributed by atoms with Crippen LogP contribution in [0.15, 0.2) is 59.0 Å². The zero-order valence-electron chi connectivity index (χ0n) is 13.5. The number of carboxylic acids is 1. The van der Waals surface area contributed by atoms with Gasteiger partial charge in [-0.3, -0.25) is 0 Å². The van der Waals surface area contributed by atoms with Crippen LogP contribution in [0, 0.1) is 5.82 Å². The van der Waals surface area contributed by atoms with Crippen LogP contribution in [-0.2, 0) is 6.54 Å². The third-order valence-corrected chi connectivity index (χ3v) is 3.69. The molecule has 0 unspecified atom stereocenters. The molecular weight excluding hydrogens is 325 g/mol. The predicted octanol–water partition coefficient (Wildman–Crippen LogP) is 4.40. The fourth-order valence-electron chi connectivity index (χ4n) is 2.40. The summed E-state index contributed by atoms with van der Waals surface area (Å²) in [7, 11) is 1.51. The van der Waals surface area contributed by atoms with E-state index in [9.17, 15) is 9.18 Å². The first kappa shape index (κ1) is 16.6. The van der Waals surface area contributed by atoms with E-state index in [4.69, 9.17) is 14.3 Å². The van der Waals surface area contributed by atoms with E-state index in [1.165, 1.54) is 31.4 Å². The molecule has 0 fully saturated rings. The zero-order valence-corrected chi connectivity index (χ0v) is 13.5. The largest absolute Gasteiger partial charge is 0.495 e. The third-order valence-electron chi connectivity index (χ3n) is 3.69. The number of ether oxygens (including phenoxy) is 1. The Bertz CT molecular complexity index is 887. The highest BCUT2D eigenvalue weighted by atomic mass is 19.1. The van der Waals surface area contributed by atoms with Gasteiger partial charge < -0.3 is 19.6 Å². The van der Waals surface area contributed by atoms with Crippen molar-refractivity contribution in [3.63, 3.8) is 0 Å². The SMILES string of the molecule is COc1ccc(C(=O)O)cc1NCc1ccc(-c2ccc(F)cc2)o1. The van der Waals surface area contributed by atoms with Crippen molar-refractivity contribution < 1.29 is 23.4 Å². The Morgan fingerprint density at radius 3 is 2.60 bits per heavy atom. The molecule has 0 aliphatic carbocycles. The van der Waals surface area contributed by atoms with E-state index in [0.717, 1.165) is 5.56 Å². The van der Waals surface area contributed by atoms with Crippen molar-refractivity contribution in [1.82, 2.24) is 0 Å². The number of benzene rings is 2. The lowest BCUT2D eigenvalue weighted by molar-refractivity contribution is 0.0697. The molecule has 128 valence electrons. The third kappa shape index (κ3) is 3.80. The number of hydrogen-bond acceptors (Lipinski definition) is 4. The minimum absolute atomic E-state index is 0.162. The Morgan fingerprint density at radius 2 is 1.92 bits per heavy atom. The van der Waals surface area contributed by atoms with Gasteiger partial charge in [0.15, 0.2) is 0 Å². The van der Waals surface area contributed by atoms with Crippen LogP contribution in [0.1, 0.15) is 16.1 Å². The minimum Gasteiger partial charge on any atom is -0.495 e. The van der Waals surface area contributed by atoms with Gasteiger partial charge in [-0.05, 0) is 54.6 Å². The summed E-state index contributed by atoms with van der Waals surface area (Å²) in [6.45, 7) is 0.348. The fraction of sp³-hybridized carbons (Fsp3) is 0.105. The van der Waals surface area contributed by atoms with Crippen LogP contribution < -0.4 is 10.1 Å². The van der Waals surface area contributed by atoms with Crippen molar-refractivity contribution in [3.05, 3.63) is 71.7 Å². The molecule has 25 heavy (non-hydrogen) atoms. The van der Waals surface area contributed by atoms with Crippen LogP contribution in [0.3, 0.4) is 0 Å². The maximum Gasteiger partial charge on any atom is 0.335 e. The maximum absolute atomic E-state index is 13.0. The van der Waals surface area contributed by atoms with Crippen LogP contribution in [-0.4, -0.2) is 18.2 Å². The predicted molar refractivity (Wildman–Crippen MR) is 91.4 cm³/mol. The highest BCUT2D eigenvalue weighted by molar-refractivity contribution is 5.89. The minimum atomic E-state index is -1.01. The molecule has 0 spiro atoms. The smallest absolute Gasteiger partial charge is 0.335 e. The Balaban J connectivity index is 1.75. The zero-order chi connectivity index (χ0) is 17.8. The van der Waals surface area contributed by atoms with Crippen molar-refractivity contribution in [2.75, 3.05) is 12.4 Å². The molecule has 3 aromatic rings. The second-order valence-electron chi connectivity index (χ2n) is 5.35. The number of hydrogen-bond donors (Lipinski definition) is 2. The van der Waals surface area contributed by atoms with Crippen LogP contribution in [0.2, 0.25) is 0 Å². The number of halogens is 1. The standard InChI is InChI=1S/C19H16FNO4/c1-24-18-8-4-13(19(22)23)10-16(18)21-11-15-7-9-17(25-15)12-2-5-14(20)6-3-12/h2-10,21H,11H2,1H3,(H,22,23). The molecule has 0 amide bonds. The number of aromatic carboxylic acids is 1. The first-order chi connectivity index (χ1) is 12.1. The highest BCUT2D eigenvalue weighted by Gasteiger charge is 2.10. The summed E-state index contributed by atoms with van der Waals surface area (Å²) < 4.78 is 24.0. The number of rotatable bonds is 6. The molecule has 2 aromatic carbocycles. The van der Waals surface area contributed by atoms with Crippen LogP contribution >= 0.6 is 0 Å². The summed E-state index contributed by atoms with van der Waals surface area (Å²) in [5, 5.41) is 12.2. The maximum atomic E-state index is 13.0. The summed E-state index contributed by atoms with van der Waals surface area (Å²) in [5.41, 5.74) is 1.50. The molecule has 0 saturated heterocycles. The summed E-state index contributed by atoms with van der Waals surface area (Å²) >= 11 is 0. The Kier molecular flexibility index (Phi) is 4.70. The van der Waals surface area contributed by atoms with E-state index in [1.54, 1.807) is 30.3 Å². The first-order valence-electron chi connectivity index (χ1n) is 7.56. The van der Waals surface area contributed by atoms with Gasteiger partial charge in [0.1, 0.15) is 23.1 Å². The lowest BCUT2D eigenvalue weighted by atomic mass is 10.2. The van der Waals surface area contributed by atoms with Gasteiger partial charge in [-0.25, -0.2) is 9.18 Å². The number of methoxy groups -OCH3 is 1. The summed E-state index contributed by atoms with van der Waals surface area (Å²) in [6.07, 6.45) is 0. The number of carboxylic acid groups (broad SMARTS) is 1. The summed E-state index contributed by atoms with van der Waals surface area (Å²) in [4.78, 5) is 11.1. The van der Waals surface area contributed by atoms with Gasteiger partial charge in [0.05, 0.1) is 24.9 Å². The average molecular weight is 341 g/mol. The molecule has 0 aliphatic rings.